The van der Waals surface area contributed by atoms with Gasteiger partial charge in [-0.3, -0.25) is 0 Å². The van der Waals surface area contributed by atoms with Crippen LogP contribution in [0.1, 0.15) is 25.6 Å². The molecule has 1 saturated heterocycles. The van der Waals surface area contributed by atoms with E-state index in [1.807, 2.05) is 0 Å². The second-order valence-electron chi connectivity index (χ2n) is 3.68. The van der Waals surface area contributed by atoms with Crippen molar-refractivity contribution in [3.63, 3.8) is 0 Å². The highest BCUT2D eigenvalue weighted by Gasteiger charge is 2.23. The maximum atomic E-state index is 4.16. The molecule has 0 spiro atoms. The Morgan fingerprint density at radius 2 is 2.21 bits per heavy atom. The highest BCUT2D eigenvalue weighted by molar-refractivity contribution is 4.90. The lowest BCUT2D eigenvalue weighted by Gasteiger charge is -2.21. The van der Waals surface area contributed by atoms with E-state index < -0.39 is 0 Å². The molecule has 14 heavy (non-hydrogen) atoms. The highest BCUT2D eigenvalue weighted by Crippen LogP contribution is 2.18. The predicted octanol–water partition coefficient (Wildman–Crippen LogP) is 0.898. The Labute approximate surface area is 84.4 Å². The van der Waals surface area contributed by atoms with Crippen molar-refractivity contribution in [3.05, 3.63) is 18.5 Å². The molecule has 1 unspecified atom stereocenters. The summed E-state index contributed by atoms with van der Waals surface area (Å²) in [5.74, 6) is 0.922. The quantitative estimate of drug-likeness (QED) is 0.713. The van der Waals surface area contributed by atoms with E-state index in [1.165, 1.54) is 19.4 Å². The molecule has 1 fully saturated rings. The van der Waals surface area contributed by atoms with Crippen LogP contribution in [0.3, 0.4) is 0 Å². The van der Waals surface area contributed by atoms with Gasteiger partial charge in [-0.05, 0) is 25.9 Å². The summed E-state index contributed by atoms with van der Waals surface area (Å²) >= 11 is 0. The van der Waals surface area contributed by atoms with E-state index in [2.05, 4.69) is 26.8 Å². The van der Waals surface area contributed by atoms with Crippen LogP contribution in [0.5, 0.6) is 0 Å². The van der Waals surface area contributed by atoms with Gasteiger partial charge in [0.1, 0.15) is 18.5 Å². The van der Waals surface area contributed by atoms with E-state index >= 15 is 0 Å². The smallest absolute Gasteiger partial charge is 0.133 e. The maximum Gasteiger partial charge on any atom is 0.133 e. The molecule has 2 rings (SSSR count). The summed E-state index contributed by atoms with van der Waals surface area (Å²) in [6.07, 6.45) is 6.71. The van der Waals surface area contributed by atoms with Gasteiger partial charge in [-0.1, -0.05) is 6.92 Å². The minimum absolute atomic E-state index is 0.641. The third-order valence-electron chi connectivity index (χ3n) is 2.87. The zero-order valence-corrected chi connectivity index (χ0v) is 8.56. The summed E-state index contributed by atoms with van der Waals surface area (Å²) in [5, 5.41) is 0. The number of hydrogen-bond acceptors (Lipinski definition) is 4. The number of likely N-dealkylation sites (N-methyl/N-ethyl adjacent to an activating group) is 1. The van der Waals surface area contributed by atoms with Crippen LogP contribution in [0.2, 0.25) is 0 Å². The Bertz CT molecular complexity index is 275. The first-order chi connectivity index (χ1) is 6.90. The minimum Gasteiger partial charge on any atom is -0.300 e. The van der Waals surface area contributed by atoms with Crippen LogP contribution in [0.15, 0.2) is 12.7 Å². The van der Waals surface area contributed by atoms with Crippen LogP contribution in [0.25, 0.3) is 0 Å². The van der Waals surface area contributed by atoms with Crippen molar-refractivity contribution in [1.82, 2.24) is 19.9 Å². The van der Waals surface area contributed by atoms with Gasteiger partial charge in [0, 0.05) is 12.5 Å². The fourth-order valence-corrected chi connectivity index (χ4v) is 2.12. The Hall–Kier alpha value is -1.03. The first-order valence-electron chi connectivity index (χ1n) is 5.25. The summed E-state index contributed by atoms with van der Waals surface area (Å²) in [5.41, 5.74) is 0. The molecule has 0 saturated carbocycles. The van der Waals surface area contributed by atoms with Gasteiger partial charge in [-0.15, -0.1) is 0 Å². The van der Waals surface area contributed by atoms with Crippen LogP contribution in [0.4, 0.5) is 0 Å². The van der Waals surface area contributed by atoms with E-state index in [4.69, 9.17) is 0 Å². The average Bonchev–Trinajstić information content (AvgIpc) is 2.67. The maximum absolute atomic E-state index is 4.16. The number of rotatable bonds is 3. The van der Waals surface area contributed by atoms with Crippen molar-refractivity contribution in [2.24, 2.45) is 0 Å². The first-order valence-corrected chi connectivity index (χ1v) is 5.25. The normalized spacial score (nSPS) is 22.8. The molecule has 1 aromatic rings. The van der Waals surface area contributed by atoms with Crippen LogP contribution in [-0.4, -0.2) is 39.0 Å². The van der Waals surface area contributed by atoms with Gasteiger partial charge in [0.15, 0.2) is 0 Å². The van der Waals surface area contributed by atoms with Crippen LogP contribution >= 0.6 is 0 Å². The topological polar surface area (TPSA) is 41.9 Å². The molecule has 1 atom stereocenters. The number of aromatic nitrogens is 3. The van der Waals surface area contributed by atoms with E-state index in [9.17, 15) is 0 Å². The summed E-state index contributed by atoms with van der Waals surface area (Å²) < 4.78 is 0. The van der Waals surface area contributed by atoms with Gasteiger partial charge < -0.3 is 4.90 Å². The minimum atomic E-state index is 0.641. The molecule has 1 aliphatic rings. The molecule has 1 aromatic heterocycles. The standard InChI is InChI=1S/C10H16N4/c1-2-14-5-3-4-9(14)6-10-12-7-11-8-13-10/h7-9H,2-6H2,1H3. The van der Waals surface area contributed by atoms with Crippen molar-refractivity contribution in [1.29, 1.82) is 0 Å². The molecule has 1 aliphatic heterocycles. The van der Waals surface area contributed by atoms with Crippen molar-refractivity contribution in [3.8, 4) is 0 Å². The Morgan fingerprint density at radius 1 is 1.43 bits per heavy atom. The van der Waals surface area contributed by atoms with Crippen molar-refractivity contribution in [2.45, 2.75) is 32.2 Å². The summed E-state index contributed by atoms with van der Waals surface area (Å²) in [6.45, 7) is 4.58. The molecule has 76 valence electrons. The fraction of sp³-hybridized carbons (Fsp3) is 0.700. The van der Waals surface area contributed by atoms with Crippen LogP contribution < -0.4 is 0 Å². The average molecular weight is 192 g/mol. The largest absolute Gasteiger partial charge is 0.300 e. The lowest BCUT2D eigenvalue weighted by Crippen LogP contribution is -2.31. The molecule has 2 heterocycles. The van der Waals surface area contributed by atoms with E-state index in [-0.39, 0.29) is 0 Å². The molecule has 4 heteroatoms. The highest BCUT2D eigenvalue weighted by atomic mass is 15.2. The molecule has 0 amide bonds. The summed E-state index contributed by atoms with van der Waals surface area (Å²) in [4.78, 5) is 14.7. The van der Waals surface area contributed by atoms with E-state index in [1.54, 1.807) is 12.7 Å². The molecule has 0 radical (unpaired) electrons. The second kappa shape index (κ2) is 4.46. The first kappa shape index (κ1) is 9.52. The zero-order chi connectivity index (χ0) is 9.80. The molecule has 0 bridgehead atoms. The van der Waals surface area contributed by atoms with Gasteiger partial charge in [0.05, 0.1) is 0 Å². The number of nitrogens with zero attached hydrogens (tertiary/aromatic N) is 4. The fourth-order valence-electron chi connectivity index (χ4n) is 2.12. The van der Waals surface area contributed by atoms with Gasteiger partial charge in [-0.25, -0.2) is 15.0 Å². The molecule has 0 N–H and O–H groups in total. The van der Waals surface area contributed by atoms with Crippen LogP contribution in [0, 0.1) is 0 Å². The molecule has 0 aromatic carbocycles. The van der Waals surface area contributed by atoms with Crippen molar-refractivity contribution < 1.29 is 0 Å². The van der Waals surface area contributed by atoms with E-state index in [0.29, 0.717) is 6.04 Å². The Kier molecular flexibility index (Phi) is 3.03. The van der Waals surface area contributed by atoms with Crippen molar-refractivity contribution in [2.75, 3.05) is 13.1 Å². The molecule has 0 aliphatic carbocycles. The third kappa shape index (κ3) is 2.07. The third-order valence-corrected chi connectivity index (χ3v) is 2.87. The van der Waals surface area contributed by atoms with Gasteiger partial charge >= 0.3 is 0 Å². The monoisotopic (exact) mass is 192 g/mol. The zero-order valence-electron chi connectivity index (χ0n) is 8.56. The lowest BCUT2D eigenvalue weighted by atomic mass is 10.1. The lowest BCUT2D eigenvalue weighted by molar-refractivity contribution is 0.263. The van der Waals surface area contributed by atoms with Gasteiger partial charge in [-0.2, -0.15) is 0 Å². The number of hydrogen-bond donors (Lipinski definition) is 0. The summed E-state index contributed by atoms with van der Waals surface area (Å²) in [7, 11) is 0. The predicted molar refractivity (Wildman–Crippen MR) is 53.8 cm³/mol. The SMILES string of the molecule is CCN1CCCC1Cc1ncncn1. The molecular weight excluding hydrogens is 176 g/mol. The van der Waals surface area contributed by atoms with Gasteiger partial charge in [0.25, 0.3) is 0 Å². The van der Waals surface area contributed by atoms with Crippen LogP contribution in [-0.2, 0) is 6.42 Å². The molecular formula is C10H16N4. The van der Waals surface area contributed by atoms with E-state index in [0.717, 1.165) is 18.8 Å². The van der Waals surface area contributed by atoms with Crippen molar-refractivity contribution >= 4 is 0 Å². The molecule has 4 nitrogen and oxygen atoms in total. The van der Waals surface area contributed by atoms with Gasteiger partial charge in [0.2, 0.25) is 0 Å². The Morgan fingerprint density at radius 3 is 2.93 bits per heavy atom. The Balaban J connectivity index is 1.97. The second-order valence-corrected chi connectivity index (χ2v) is 3.68. The number of likely N-dealkylation sites (tertiary alicyclic amines) is 1. The summed E-state index contributed by atoms with van der Waals surface area (Å²) in [6, 6.07) is 0.641.